The molecule has 0 atom stereocenters. The predicted octanol–water partition coefficient (Wildman–Crippen LogP) is 3.47. The number of pyridine rings is 1. The highest BCUT2D eigenvalue weighted by Gasteiger charge is 2.17. The van der Waals surface area contributed by atoms with E-state index in [-0.39, 0.29) is 5.97 Å². The molecule has 6 nitrogen and oxygen atoms in total. The van der Waals surface area contributed by atoms with Crippen molar-refractivity contribution in [2.45, 2.75) is 6.42 Å². The van der Waals surface area contributed by atoms with Crippen LogP contribution in [-0.2, 0) is 4.74 Å². The van der Waals surface area contributed by atoms with E-state index in [0.29, 0.717) is 29.9 Å². The van der Waals surface area contributed by atoms with Gasteiger partial charge in [-0.15, -0.1) is 11.3 Å². The molecule has 0 N–H and O–H groups in total. The summed E-state index contributed by atoms with van der Waals surface area (Å²) in [6.45, 7) is 4.30. The minimum Gasteiger partial charge on any atom is -0.461 e. The molecular weight excluding hydrogens is 380 g/mol. The van der Waals surface area contributed by atoms with E-state index in [2.05, 4.69) is 37.6 Å². The van der Waals surface area contributed by atoms with Gasteiger partial charge in [-0.25, -0.2) is 14.8 Å². The average Bonchev–Trinajstić information content (AvgIpc) is 3.12. The maximum atomic E-state index is 12.2. The third kappa shape index (κ3) is 3.32. The number of thiazole rings is 1. The van der Waals surface area contributed by atoms with Crippen molar-refractivity contribution in [1.29, 1.82) is 0 Å². The van der Waals surface area contributed by atoms with Crippen LogP contribution in [0.1, 0.15) is 16.9 Å². The number of aliphatic imine (C=N–C) groups is 1. The first kappa shape index (κ1) is 15.8. The Kier molecular flexibility index (Phi) is 4.82. The summed E-state index contributed by atoms with van der Waals surface area (Å²) in [5.41, 5.74) is 2.09. The fourth-order valence-electron chi connectivity index (χ4n) is 2.05. The van der Waals surface area contributed by atoms with Crippen LogP contribution in [0.5, 0.6) is 0 Å². The topological polar surface area (TPSA) is 68.8 Å². The van der Waals surface area contributed by atoms with Crippen LogP contribution in [0.15, 0.2) is 39.5 Å². The van der Waals surface area contributed by atoms with Crippen LogP contribution in [0.3, 0.4) is 0 Å². The molecular formula is C15H13BrN4O2S. The number of fused-ring (bicyclic) bond motifs is 1. The van der Waals surface area contributed by atoms with Crippen molar-refractivity contribution >= 4 is 44.9 Å². The fourth-order valence-corrected chi connectivity index (χ4v) is 3.35. The Morgan fingerprint density at radius 3 is 3.17 bits per heavy atom. The molecule has 0 saturated carbocycles. The van der Waals surface area contributed by atoms with Crippen molar-refractivity contribution in [3.05, 3.63) is 40.2 Å². The highest BCUT2D eigenvalue weighted by molar-refractivity contribution is 9.10. The van der Waals surface area contributed by atoms with Gasteiger partial charge in [-0.3, -0.25) is 4.40 Å². The number of halogens is 1. The summed E-state index contributed by atoms with van der Waals surface area (Å²) < 4.78 is 7.70. The Bertz CT molecular complexity index is 858. The third-order valence-corrected chi connectivity index (χ3v) is 4.62. The van der Waals surface area contributed by atoms with Crippen LogP contribution < -0.4 is 0 Å². The molecule has 0 aliphatic heterocycles. The second-order valence-electron chi connectivity index (χ2n) is 4.68. The molecule has 0 aromatic carbocycles. The second kappa shape index (κ2) is 7.01. The molecule has 118 valence electrons. The number of hydrogen-bond acceptors (Lipinski definition) is 6. The molecule has 3 heterocycles. The minimum atomic E-state index is -0.366. The number of rotatable bonds is 6. The molecule has 23 heavy (non-hydrogen) atoms. The molecule has 0 unspecified atom stereocenters. The number of nitrogens with zero attached hydrogens (tertiary/aromatic N) is 4. The Labute approximate surface area is 145 Å². The second-order valence-corrected chi connectivity index (χ2v) is 6.27. The highest BCUT2D eigenvalue weighted by Crippen LogP contribution is 2.28. The normalized spacial score (nSPS) is 10.8. The predicted molar refractivity (Wildman–Crippen MR) is 93.3 cm³/mol. The Hall–Kier alpha value is -2.06. The van der Waals surface area contributed by atoms with E-state index >= 15 is 0 Å². The summed E-state index contributed by atoms with van der Waals surface area (Å²) in [6, 6.07) is 3.76. The van der Waals surface area contributed by atoms with Crippen LogP contribution in [0.25, 0.3) is 16.2 Å². The lowest BCUT2D eigenvalue weighted by Crippen LogP contribution is -2.09. The lowest BCUT2D eigenvalue weighted by Gasteiger charge is -2.02. The average molecular weight is 393 g/mol. The molecule has 3 rings (SSSR count). The number of imidazole rings is 1. The van der Waals surface area contributed by atoms with Crippen molar-refractivity contribution in [2.75, 3.05) is 13.2 Å². The quantitative estimate of drug-likeness (QED) is 0.278. The molecule has 0 fully saturated rings. The summed E-state index contributed by atoms with van der Waals surface area (Å²) in [7, 11) is 0. The molecule has 0 aliphatic carbocycles. The van der Waals surface area contributed by atoms with Crippen molar-refractivity contribution < 1.29 is 9.53 Å². The number of carbonyl (C=O) groups is 1. The van der Waals surface area contributed by atoms with Gasteiger partial charge >= 0.3 is 5.97 Å². The summed E-state index contributed by atoms with van der Waals surface area (Å²) in [5.74, 6) is -0.366. The molecule has 3 aromatic heterocycles. The zero-order valence-corrected chi connectivity index (χ0v) is 14.5. The number of esters is 1. The third-order valence-electron chi connectivity index (χ3n) is 3.15. The summed E-state index contributed by atoms with van der Waals surface area (Å²) in [5, 5.41) is 1.75. The van der Waals surface area contributed by atoms with E-state index in [9.17, 15) is 4.79 Å². The van der Waals surface area contributed by atoms with E-state index < -0.39 is 0 Å². The van der Waals surface area contributed by atoms with Gasteiger partial charge in [0.2, 0.25) is 0 Å². The first-order valence-electron chi connectivity index (χ1n) is 6.88. The van der Waals surface area contributed by atoms with E-state index in [1.54, 1.807) is 16.0 Å². The van der Waals surface area contributed by atoms with Gasteiger partial charge in [-0.2, -0.15) is 0 Å². The Morgan fingerprint density at radius 2 is 2.39 bits per heavy atom. The minimum absolute atomic E-state index is 0.324. The summed E-state index contributed by atoms with van der Waals surface area (Å²) in [4.78, 5) is 25.3. The standard InChI is InChI=1S/C15H13BrN4O2S/c1-17-5-3-7-22-14(21)12-9-23-15-19-11(8-20(12)15)10-4-2-6-18-13(10)16/h2,4,6,8-9H,1,3,5,7H2. The monoisotopic (exact) mass is 392 g/mol. The van der Waals surface area contributed by atoms with Gasteiger partial charge in [0.05, 0.1) is 12.3 Å². The van der Waals surface area contributed by atoms with Crippen LogP contribution in [0.2, 0.25) is 0 Å². The molecule has 0 saturated heterocycles. The number of carbonyl (C=O) groups excluding carboxylic acids is 1. The lowest BCUT2D eigenvalue weighted by atomic mass is 10.2. The van der Waals surface area contributed by atoms with Crippen LogP contribution in [0, 0.1) is 0 Å². The van der Waals surface area contributed by atoms with Gasteiger partial charge in [-0.05, 0) is 34.8 Å². The van der Waals surface area contributed by atoms with Gasteiger partial charge in [0, 0.05) is 36.3 Å². The van der Waals surface area contributed by atoms with Crippen molar-refractivity contribution in [3.63, 3.8) is 0 Å². The first-order valence-corrected chi connectivity index (χ1v) is 8.55. The molecule has 0 radical (unpaired) electrons. The van der Waals surface area contributed by atoms with Crippen LogP contribution in [0.4, 0.5) is 0 Å². The van der Waals surface area contributed by atoms with Gasteiger partial charge in [0.25, 0.3) is 0 Å². The van der Waals surface area contributed by atoms with E-state index in [1.165, 1.54) is 11.3 Å². The number of aromatic nitrogens is 3. The highest BCUT2D eigenvalue weighted by atomic mass is 79.9. The zero-order chi connectivity index (χ0) is 16.2. The fraction of sp³-hybridized carbons (Fsp3) is 0.200. The van der Waals surface area contributed by atoms with Crippen molar-refractivity contribution in [2.24, 2.45) is 4.99 Å². The molecule has 8 heteroatoms. The molecule has 0 spiro atoms. The molecule has 3 aromatic rings. The van der Waals surface area contributed by atoms with Crippen molar-refractivity contribution in [3.8, 4) is 11.3 Å². The lowest BCUT2D eigenvalue weighted by molar-refractivity contribution is 0.0495. The van der Waals surface area contributed by atoms with Crippen LogP contribution in [-0.4, -0.2) is 40.2 Å². The maximum Gasteiger partial charge on any atom is 0.356 e. The van der Waals surface area contributed by atoms with E-state index in [4.69, 9.17) is 4.74 Å². The number of ether oxygens (including phenoxy) is 1. The zero-order valence-electron chi connectivity index (χ0n) is 12.1. The SMILES string of the molecule is C=NCCCOC(=O)c1csc2nc(-c3cccnc3Br)cn12. The van der Waals surface area contributed by atoms with Crippen LogP contribution >= 0.6 is 27.3 Å². The molecule has 0 bridgehead atoms. The maximum absolute atomic E-state index is 12.2. The Balaban J connectivity index is 1.85. The van der Waals surface area contributed by atoms with Gasteiger partial charge in [0.15, 0.2) is 4.96 Å². The number of hydrogen-bond donors (Lipinski definition) is 0. The Morgan fingerprint density at radius 1 is 1.52 bits per heavy atom. The van der Waals surface area contributed by atoms with Gasteiger partial charge in [0.1, 0.15) is 10.3 Å². The van der Waals surface area contributed by atoms with Gasteiger partial charge < -0.3 is 9.73 Å². The summed E-state index contributed by atoms with van der Waals surface area (Å²) in [6.07, 6.45) is 4.18. The molecule has 0 aliphatic rings. The largest absolute Gasteiger partial charge is 0.461 e. The van der Waals surface area contributed by atoms with E-state index in [1.807, 2.05) is 18.3 Å². The van der Waals surface area contributed by atoms with Gasteiger partial charge in [-0.1, -0.05) is 0 Å². The van der Waals surface area contributed by atoms with Crippen molar-refractivity contribution in [1.82, 2.24) is 14.4 Å². The molecule has 0 amide bonds. The smallest absolute Gasteiger partial charge is 0.356 e. The first-order chi connectivity index (χ1) is 11.2. The summed E-state index contributed by atoms with van der Waals surface area (Å²) >= 11 is 4.81. The van der Waals surface area contributed by atoms with E-state index in [0.717, 1.165) is 16.2 Å².